The van der Waals surface area contributed by atoms with E-state index in [0.717, 1.165) is 12.1 Å². The van der Waals surface area contributed by atoms with Crippen LogP contribution in [0.5, 0.6) is 5.75 Å². The molecular formula is C9H11F3N2O3S. The Morgan fingerprint density at radius 2 is 1.89 bits per heavy atom. The highest BCUT2D eigenvalue weighted by Crippen LogP contribution is 2.26. The van der Waals surface area contributed by atoms with Gasteiger partial charge in [0.25, 0.3) is 0 Å². The van der Waals surface area contributed by atoms with Crippen molar-refractivity contribution in [2.24, 2.45) is 5.14 Å². The van der Waals surface area contributed by atoms with Crippen LogP contribution in [0.1, 0.15) is 6.42 Å². The van der Waals surface area contributed by atoms with Gasteiger partial charge in [-0.1, -0.05) is 0 Å². The average Bonchev–Trinajstić information content (AvgIpc) is 2.17. The molecule has 0 saturated heterocycles. The summed E-state index contributed by atoms with van der Waals surface area (Å²) in [5.74, 6) is -0.254. The Bertz CT molecular complexity index is 528. The van der Waals surface area contributed by atoms with E-state index in [2.05, 4.69) is 0 Å². The zero-order valence-electron chi connectivity index (χ0n) is 9.07. The summed E-state index contributed by atoms with van der Waals surface area (Å²) in [7, 11) is -4.11. The summed E-state index contributed by atoms with van der Waals surface area (Å²) >= 11 is 0. The van der Waals surface area contributed by atoms with Crippen molar-refractivity contribution in [2.45, 2.75) is 17.5 Å². The molecule has 1 rings (SSSR count). The zero-order chi connectivity index (χ0) is 14.0. The van der Waals surface area contributed by atoms with Crippen LogP contribution in [0, 0.1) is 0 Å². The molecule has 0 aliphatic rings. The Kier molecular flexibility index (Phi) is 4.07. The highest BCUT2D eigenvalue weighted by Gasteiger charge is 2.27. The Labute approximate surface area is 102 Å². The van der Waals surface area contributed by atoms with Crippen molar-refractivity contribution in [3.8, 4) is 5.75 Å². The molecular weight excluding hydrogens is 273 g/mol. The highest BCUT2D eigenvalue weighted by molar-refractivity contribution is 7.89. The topological polar surface area (TPSA) is 95.4 Å². The van der Waals surface area contributed by atoms with Crippen LogP contribution in [0.15, 0.2) is 23.1 Å². The number of rotatable bonds is 4. The van der Waals surface area contributed by atoms with Gasteiger partial charge in [0.2, 0.25) is 10.0 Å². The number of alkyl halides is 3. The lowest BCUT2D eigenvalue weighted by Gasteiger charge is -2.12. The van der Waals surface area contributed by atoms with Crippen molar-refractivity contribution in [2.75, 3.05) is 12.3 Å². The van der Waals surface area contributed by atoms with Crippen LogP contribution in [-0.2, 0) is 10.0 Å². The van der Waals surface area contributed by atoms with Crippen LogP contribution in [0.25, 0.3) is 0 Å². The van der Waals surface area contributed by atoms with Gasteiger partial charge in [0.05, 0.1) is 13.0 Å². The summed E-state index contributed by atoms with van der Waals surface area (Å²) in [6.45, 7) is -0.698. The molecule has 0 amide bonds. The van der Waals surface area contributed by atoms with E-state index in [0.29, 0.717) is 0 Å². The molecule has 0 aliphatic heterocycles. The number of hydrogen-bond acceptors (Lipinski definition) is 4. The first-order chi connectivity index (χ1) is 8.09. The SMILES string of the molecule is Nc1ccc(OCCC(F)(F)F)c(S(N)(=O)=O)c1. The number of ether oxygens (including phenoxy) is 1. The zero-order valence-corrected chi connectivity index (χ0v) is 9.88. The minimum atomic E-state index is -4.38. The first-order valence-electron chi connectivity index (χ1n) is 4.71. The van der Waals surface area contributed by atoms with Gasteiger partial charge in [0, 0.05) is 5.69 Å². The van der Waals surface area contributed by atoms with E-state index in [4.69, 9.17) is 15.6 Å². The summed E-state index contributed by atoms with van der Waals surface area (Å²) in [5, 5.41) is 4.90. The van der Waals surface area contributed by atoms with E-state index < -0.39 is 34.1 Å². The normalized spacial score (nSPS) is 12.4. The summed E-state index contributed by atoms with van der Waals surface area (Å²) in [4.78, 5) is -0.440. The molecule has 0 saturated carbocycles. The summed E-state index contributed by atoms with van der Waals surface area (Å²) in [6, 6.07) is 3.49. The first-order valence-corrected chi connectivity index (χ1v) is 6.26. The van der Waals surface area contributed by atoms with Crippen LogP contribution >= 0.6 is 0 Å². The molecule has 0 fully saturated rings. The maximum atomic E-state index is 11.9. The molecule has 1 aromatic rings. The first kappa shape index (κ1) is 14.6. The van der Waals surface area contributed by atoms with Crippen LogP contribution in [0.3, 0.4) is 0 Å². The molecule has 0 bridgehead atoms. The van der Waals surface area contributed by atoms with Crippen molar-refractivity contribution in [3.63, 3.8) is 0 Å². The molecule has 5 nitrogen and oxygen atoms in total. The molecule has 18 heavy (non-hydrogen) atoms. The second kappa shape index (κ2) is 5.02. The maximum Gasteiger partial charge on any atom is 0.392 e. The van der Waals surface area contributed by atoms with Crippen molar-refractivity contribution in [1.29, 1.82) is 0 Å². The van der Waals surface area contributed by atoms with Crippen LogP contribution in [-0.4, -0.2) is 21.2 Å². The molecule has 1 aromatic carbocycles. The quantitative estimate of drug-likeness (QED) is 0.813. The third-order valence-electron chi connectivity index (χ3n) is 1.92. The Morgan fingerprint density at radius 1 is 1.28 bits per heavy atom. The van der Waals surface area contributed by atoms with Gasteiger partial charge in [0.15, 0.2) is 0 Å². The molecule has 0 atom stereocenters. The van der Waals surface area contributed by atoms with E-state index in [1.165, 1.54) is 6.07 Å². The molecule has 0 unspecified atom stereocenters. The van der Waals surface area contributed by atoms with Gasteiger partial charge in [-0.3, -0.25) is 0 Å². The Morgan fingerprint density at radius 3 is 2.39 bits per heavy atom. The van der Waals surface area contributed by atoms with Gasteiger partial charge in [-0.15, -0.1) is 0 Å². The molecule has 0 radical (unpaired) electrons. The number of sulfonamides is 1. The summed E-state index contributed by atoms with van der Waals surface area (Å²) in [6.07, 6.45) is -5.57. The van der Waals surface area contributed by atoms with E-state index in [1.54, 1.807) is 0 Å². The summed E-state index contributed by atoms with van der Waals surface area (Å²) < 4.78 is 62.9. The fourth-order valence-electron chi connectivity index (χ4n) is 1.14. The van der Waals surface area contributed by atoms with E-state index in [-0.39, 0.29) is 11.4 Å². The van der Waals surface area contributed by atoms with Crippen molar-refractivity contribution in [1.82, 2.24) is 0 Å². The molecule has 0 heterocycles. The van der Waals surface area contributed by atoms with E-state index in [1.807, 2.05) is 0 Å². The molecule has 0 spiro atoms. The minimum absolute atomic E-state index is 0.113. The van der Waals surface area contributed by atoms with Gasteiger partial charge in [0.1, 0.15) is 10.6 Å². The van der Waals surface area contributed by atoms with Gasteiger partial charge in [-0.2, -0.15) is 13.2 Å². The lowest BCUT2D eigenvalue weighted by molar-refractivity contribution is -0.139. The lowest BCUT2D eigenvalue weighted by Crippen LogP contribution is -2.17. The van der Waals surface area contributed by atoms with Crippen molar-refractivity contribution < 1.29 is 26.3 Å². The standard InChI is InChI=1S/C9H11F3N2O3S/c10-9(11,12)3-4-17-7-2-1-6(13)5-8(7)18(14,15)16/h1-2,5H,3-4,13H2,(H2,14,15,16). The van der Waals surface area contributed by atoms with Crippen molar-refractivity contribution >= 4 is 15.7 Å². The predicted molar refractivity (Wildman–Crippen MR) is 58.4 cm³/mol. The largest absolute Gasteiger partial charge is 0.492 e. The van der Waals surface area contributed by atoms with Gasteiger partial charge in [-0.05, 0) is 18.2 Å². The number of nitrogen functional groups attached to an aromatic ring is 1. The maximum absolute atomic E-state index is 11.9. The Balaban J connectivity index is 2.90. The van der Waals surface area contributed by atoms with Gasteiger partial charge < -0.3 is 10.5 Å². The highest BCUT2D eigenvalue weighted by atomic mass is 32.2. The number of primary sulfonamides is 1. The number of hydrogen-bond donors (Lipinski definition) is 2. The molecule has 0 aromatic heterocycles. The van der Waals surface area contributed by atoms with Gasteiger partial charge >= 0.3 is 6.18 Å². The van der Waals surface area contributed by atoms with Crippen LogP contribution < -0.4 is 15.6 Å². The predicted octanol–water partition coefficient (Wildman–Crippen LogP) is 1.25. The minimum Gasteiger partial charge on any atom is -0.492 e. The van der Waals surface area contributed by atoms with Crippen LogP contribution in [0.2, 0.25) is 0 Å². The Hall–Kier alpha value is -1.48. The number of benzene rings is 1. The monoisotopic (exact) mass is 284 g/mol. The third-order valence-corrected chi connectivity index (χ3v) is 2.85. The molecule has 4 N–H and O–H groups in total. The number of halogens is 3. The van der Waals surface area contributed by atoms with Crippen LogP contribution in [0.4, 0.5) is 18.9 Å². The fourth-order valence-corrected chi connectivity index (χ4v) is 1.85. The van der Waals surface area contributed by atoms with E-state index in [9.17, 15) is 21.6 Å². The number of anilines is 1. The molecule has 102 valence electrons. The second-order valence-electron chi connectivity index (χ2n) is 3.46. The smallest absolute Gasteiger partial charge is 0.392 e. The lowest BCUT2D eigenvalue weighted by atomic mass is 10.3. The van der Waals surface area contributed by atoms with Gasteiger partial charge in [-0.25, -0.2) is 13.6 Å². The molecule has 0 aliphatic carbocycles. The molecule has 9 heteroatoms. The second-order valence-corrected chi connectivity index (χ2v) is 4.99. The van der Waals surface area contributed by atoms with Crippen molar-refractivity contribution in [3.05, 3.63) is 18.2 Å². The fraction of sp³-hybridized carbons (Fsp3) is 0.333. The number of nitrogens with two attached hydrogens (primary N) is 2. The van der Waals surface area contributed by atoms with E-state index >= 15 is 0 Å². The average molecular weight is 284 g/mol. The third kappa shape index (κ3) is 4.41. The summed E-state index contributed by atoms with van der Waals surface area (Å²) in [5.41, 5.74) is 5.48.